The highest BCUT2D eigenvalue weighted by Crippen LogP contribution is 2.38. The summed E-state index contributed by atoms with van der Waals surface area (Å²) in [5.74, 6) is 0.126. The van der Waals surface area contributed by atoms with Crippen molar-refractivity contribution in [3.8, 4) is 0 Å². The SMILES string of the molecule is CCCC(=O)N(CCC)CC(=O)N1CCc2sccc2[C@@H]1c1ccccc1C. The quantitative estimate of drug-likeness (QED) is 0.685. The van der Waals surface area contributed by atoms with Crippen molar-refractivity contribution in [2.24, 2.45) is 0 Å². The molecule has 0 bridgehead atoms. The van der Waals surface area contributed by atoms with Gasteiger partial charge in [-0.15, -0.1) is 11.3 Å². The van der Waals surface area contributed by atoms with Gasteiger partial charge in [-0.25, -0.2) is 0 Å². The van der Waals surface area contributed by atoms with Crippen LogP contribution in [0.1, 0.15) is 60.7 Å². The van der Waals surface area contributed by atoms with Gasteiger partial charge in [-0.05, 0) is 54.3 Å². The summed E-state index contributed by atoms with van der Waals surface area (Å²) in [5.41, 5.74) is 3.61. The lowest BCUT2D eigenvalue weighted by Gasteiger charge is -2.38. The molecule has 1 aromatic heterocycles. The first kappa shape index (κ1) is 20.6. The van der Waals surface area contributed by atoms with Gasteiger partial charge in [0, 0.05) is 24.4 Å². The van der Waals surface area contributed by atoms with Crippen molar-refractivity contribution in [2.75, 3.05) is 19.6 Å². The van der Waals surface area contributed by atoms with Crippen LogP contribution in [-0.4, -0.2) is 41.2 Å². The Morgan fingerprint density at radius 2 is 1.93 bits per heavy atom. The molecule has 2 heterocycles. The lowest BCUT2D eigenvalue weighted by Crippen LogP contribution is -2.47. The highest BCUT2D eigenvalue weighted by molar-refractivity contribution is 7.10. The fraction of sp³-hybridized carbons (Fsp3) is 0.478. The highest BCUT2D eigenvalue weighted by Gasteiger charge is 2.34. The number of hydrogen-bond donors (Lipinski definition) is 0. The van der Waals surface area contributed by atoms with E-state index in [2.05, 4.69) is 30.5 Å². The lowest BCUT2D eigenvalue weighted by molar-refractivity contribution is -0.141. The number of benzene rings is 1. The predicted octanol–water partition coefficient (Wildman–Crippen LogP) is 4.57. The van der Waals surface area contributed by atoms with Crippen LogP contribution in [0.25, 0.3) is 0 Å². The second-order valence-corrected chi connectivity index (χ2v) is 8.46. The molecular weight excluding hydrogens is 368 g/mol. The van der Waals surface area contributed by atoms with Gasteiger partial charge in [0.1, 0.15) is 0 Å². The summed E-state index contributed by atoms with van der Waals surface area (Å²) in [5, 5.41) is 2.12. The Kier molecular flexibility index (Phi) is 6.89. The van der Waals surface area contributed by atoms with Gasteiger partial charge in [-0.3, -0.25) is 9.59 Å². The topological polar surface area (TPSA) is 40.6 Å². The molecule has 0 saturated heterocycles. The number of nitrogens with zero attached hydrogens (tertiary/aromatic N) is 2. The third kappa shape index (κ3) is 4.30. The minimum absolute atomic E-state index is 0.0445. The molecule has 1 aliphatic rings. The van der Waals surface area contributed by atoms with Crippen LogP contribution in [0.15, 0.2) is 35.7 Å². The zero-order valence-corrected chi connectivity index (χ0v) is 17.9. The number of rotatable bonds is 7. The minimum Gasteiger partial charge on any atom is -0.333 e. The van der Waals surface area contributed by atoms with E-state index >= 15 is 0 Å². The van der Waals surface area contributed by atoms with Gasteiger partial charge in [-0.2, -0.15) is 0 Å². The van der Waals surface area contributed by atoms with Crippen LogP contribution in [0, 0.1) is 6.92 Å². The monoisotopic (exact) mass is 398 g/mol. The first-order valence-corrected chi connectivity index (χ1v) is 11.1. The molecule has 2 amide bonds. The minimum atomic E-state index is -0.0616. The summed E-state index contributed by atoms with van der Waals surface area (Å²) in [6, 6.07) is 10.4. The Hall–Kier alpha value is -2.14. The van der Waals surface area contributed by atoms with Crippen LogP contribution < -0.4 is 0 Å². The Morgan fingerprint density at radius 1 is 1.14 bits per heavy atom. The van der Waals surface area contributed by atoms with Crippen molar-refractivity contribution in [2.45, 2.75) is 52.5 Å². The molecule has 0 unspecified atom stereocenters. The lowest BCUT2D eigenvalue weighted by atomic mass is 9.90. The highest BCUT2D eigenvalue weighted by atomic mass is 32.1. The van der Waals surface area contributed by atoms with E-state index < -0.39 is 0 Å². The maximum absolute atomic E-state index is 13.4. The molecule has 2 aromatic rings. The summed E-state index contributed by atoms with van der Waals surface area (Å²) in [6.45, 7) is 7.66. The molecule has 4 nitrogen and oxygen atoms in total. The maximum Gasteiger partial charge on any atom is 0.242 e. The molecule has 1 aliphatic heterocycles. The van der Waals surface area contributed by atoms with Crippen LogP contribution in [-0.2, 0) is 16.0 Å². The number of fused-ring (bicyclic) bond motifs is 1. The van der Waals surface area contributed by atoms with Crippen molar-refractivity contribution in [3.05, 3.63) is 57.3 Å². The normalized spacial score (nSPS) is 16.0. The summed E-state index contributed by atoms with van der Waals surface area (Å²) in [7, 11) is 0. The second kappa shape index (κ2) is 9.37. The van der Waals surface area contributed by atoms with Crippen molar-refractivity contribution in [3.63, 3.8) is 0 Å². The van der Waals surface area contributed by atoms with Crippen LogP contribution >= 0.6 is 11.3 Å². The summed E-state index contributed by atoms with van der Waals surface area (Å²) in [6.07, 6.45) is 3.06. The van der Waals surface area contributed by atoms with Crippen molar-refractivity contribution >= 4 is 23.2 Å². The maximum atomic E-state index is 13.4. The number of amides is 2. The molecule has 0 N–H and O–H groups in total. The number of thiophene rings is 1. The van der Waals surface area contributed by atoms with Crippen LogP contribution in [0.3, 0.4) is 0 Å². The third-order valence-electron chi connectivity index (χ3n) is 5.41. The zero-order chi connectivity index (χ0) is 20.1. The van der Waals surface area contributed by atoms with Gasteiger partial charge < -0.3 is 9.80 Å². The largest absolute Gasteiger partial charge is 0.333 e. The van der Waals surface area contributed by atoms with E-state index in [4.69, 9.17) is 0 Å². The Bertz CT molecular complexity index is 830. The standard InChI is InChI=1S/C23H30N2O2S/c1-4-8-21(26)24(13-5-2)16-22(27)25-14-11-20-19(12-15-28-20)23(25)18-10-7-6-9-17(18)3/h6-7,9-10,12,15,23H,4-5,8,11,13-14,16H2,1-3H3/t23-/m0/s1. The Morgan fingerprint density at radius 3 is 2.64 bits per heavy atom. The molecule has 28 heavy (non-hydrogen) atoms. The van der Waals surface area contributed by atoms with Crippen molar-refractivity contribution < 1.29 is 9.59 Å². The van der Waals surface area contributed by atoms with E-state index in [1.165, 1.54) is 21.6 Å². The summed E-state index contributed by atoms with van der Waals surface area (Å²) >= 11 is 1.77. The molecule has 5 heteroatoms. The van der Waals surface area contributed by atoms with E-state index in [0.717, 1.165) is 19.3 Å². The number of carbonyl (C=O) groups excluding carboxylic acids is 2. The summed E-state index contributed by atoms with van der Waals surface area (Å²) < 4.78 is 0. The van der Waals surface area contributed by atoms with E-state index in [9.17, 15) is 9.59 Å². The number of carbonyl (C=O) groups is 2. The molecule has 0 saturated carbocycles. The first-order valence-electron chi connectivity index (χ1n) is 10.3. The molecule has 0 radical (unpaired) electrons. The second-order valence-electron chi connectivity index (χ2n) is 7.46. The van der Waals surface area contributed by atoms with E-state index in [-0.39, 0.29) is 24.4 Å². The number of hydrogen-bond acceptors (Lipinski definition) is 3. The Balaban J connectivity index is 1.89. The molecule has 0 aliphatic carbocycles. The van der Waals surface area contributed by atoms with Gasteiger partial charge in [0.15, 0.2) is 0 Å². The van der Waals surface area contributed by atoms with Crippen molar-refractivity contribution in [1.29, 1.82) is 0 Å². The van der Waals surface area contributed by atoms with Crippen LogP contribution in [0.4, 0.5) is 0 Å². The van der Waals surface area contributed by atoms with E-state index in [1.54, 1.807) is 16.2 Å². The third-order valence-corrected chi connectivity index (χ3v) is 6.40. The van der Waals surface area contributed by atoms with Gasteiger partial charge in [0.05, 0.1) is 12.6 Å². The molecule has 0 fully saturated rings. The zero-order valence-electron chi connectivity index (χ0n) is 17.1. The fourth-order valence-corrected chi connectivity index (χ4v) is 4.91. The molecule has 150 valence electrons. The summed E-state index contributed by atoms with van der Waals surface area (Å²) in [4.78, 5) is 30.9. The predicted molar refractivity (Wildman–Crippen MR) is 115 cm³/mol. The molecule has 3 rings (SSSR count). The molecule has 1 atom stereocenters. The fourth-order valence-electron chi connectivity index (χ4n) is 4.00. The average Bonchev–Trinajstić information content (AvgIpc) is 3.16. The van der Waals surface area contributed by atoms with E-state index in [0.29, 0.717) is 19.5 Å². The van der Waals surface area contributed by atoms with Gasteiger partial charge in [0.2, 0.25) is 11.8 Å². The van der Waals surface area contributed by atoms with Crippen LogP contribution in [0.2, 0.25) is 0 Å². The van der Waals surface area contributed by atoms with Crippen LogP contribution in [0.5, 0.6) is 0 Å². The smallest absolute Gasteiger partial charge is 0.242 e. The molecule has 0 spiro atoms. The number of aryl methyl sites for hydroxylation is 1. The van der Waals surface area contributed by atoms with Gasteiger partial charge in [0.25, 0.3) is 0 Å². The van der Waals surface area contributed by atoms with Gasteiger partial charge >= 0.3 is 0 Å². The molecule has 1 aromatic carbocycles. The van der Waals surface area contributed by atoms with Crippen molar-refractivity contribution in [1.82, 2.24) is 9.80 Å². The Labute approximate surface area is 172 Å². The first-order chi connectivity index (χ1) is 13.6. The van der Waals surface area contributed by atoms with E-state index in [1.807, 2.05) is 30.9 Å². The average molecular weight is 399 g/mol. The molecular formula is C23H30N2O2S. The van der Waals surface area contributed by atoms with Gasteiger partial charge in [-0.1, -0.05) is 38.1 Å².